The topological polar surface area (TPSA) is 103 Å². The fourth-order valence-electron chi connectivity index (χ4n) is 2.88. The molecule has 0 saturated carbocycles. The maximum atomic E-state index is 12.3. The average Bonchev–Trinajstić information content (AvgIpc) is 2.71. The number of esters is 1. The van der Waals surface area contributed by atoms with Crippen LogP contribution in [0, 0.1) is 0 Å². The van der Waals surface area contributed by atoms with Crippen molar-refractivity contribution in [1.29, 1.82) is 0 Å². The lowest BCUT2D eigenvalue weighted by molar-refractivity contribution is -0.144. The van der Waals surface area contributed by atoms with Crippen molar-refractivity contribution in [2.75, 3.05) is 26.8 Å². The molecule has 2 atom stereocenters. The van der Waals surface area contributed by atoms with Gasteiger partial charge in [-0.05, 0) is 26.3 Å². The van der Waals surface area contributed by atoms with Crippen molar-refractivity contribution in [3.8, 4) is 0 Å². The normalized spacial score (nSPS) is 17.6. The van der Waals surface area contributed by atoms with Gasteiger partial charge >= 0.3 is 18.2 Å². The van der Waals surface area contributed by atoms with Crippen LogP contribution in [0.1, 0.15) is 32.8 Å². The Morgan fingerprint density at radius 3 is 2.57 bits per heavy atom. The number of nitrogens with one attached hydrogen (secondary N) is 1. The van der Waals surface area contributed by atoms with Gasteiger partial charge in [-0.3, -0.25) is 0 Å². The van der Waals surface area contributed by atoms with E-state index < -0.39 is 35.9 Å². The van der Waals surface area contributed by atoms with Crippen molar-refractivity contribution in [1.82, 2.24) is 10.2 Å². The number of methoxy groups -OCH3 is 1. The molecule has 1 heterocycles. The molecule has 9 nitrogen and oxygen atoms in total. The molecule has 0 spiro atoms. The third-order valence-electron chi connectivity index (χ3n) is 4.28. The Kier molecular flexibility index (Phi) is 8.46. The molecule has 166 valence electrons. The third-order valence-corrected chi connectivity index (χ3v) is 4.28. The van der Waals surface area contributed by atoms with E-state index in [0.717, 1.165) is 5.56 Å². The highest BCUT2D eigenvalue weighted by atomic mass is 16.6. The van der Waals surface area contributed by atoms with E-state index in [4.69, 9.17) is 18.9 Å². The minimum absolute atomic E-state index is 0.0763. The predicted octanol–water partition coefficient (Wildman–Crippen LogP) is 2.48. The highest BCUT2D eigenvalue weighted by Gasteiger charge is 2.32. The van der Waals surface area contributed by atoms with Crippen molar-refractivity contribution in [2.24, 2.45) is 0 Å². The van der Waals surface area contributed by atoms with E-state index in [-0.39, 0.29) is 19.6 Å². The van der Waals surface area contributed by atoms with E-state index in [1.54, 1.807) is 20.8 Å². The summed E-state index contributed by atoms with van der Waals surface area (Å²) in [5.41, 5.74) is 0.217. The van der Waals surface area contributed by atoms with Gasteiger partial charge in [0.2, 0.25) is 0 Å². The van der Waals surface area contributed by atoms with Crippen LogP contribution in [0.4, 0.5) is 9.59 Å². The molecule has 0 unspecified atom stereocenters. The molecule has 9 heteroatoms. The van der Waals surface area contributed by atoms with Crippen LogP contribution < -0.4 is 5.32 Å². The second kappa shape index (κ2) is 10.8. The van der Waals surface area contributed by atoms with Gasteiger partial charge < -0.3 is 29.2 Å². The van der Waals surface area contributed by atoms with Crippen LogP contribution in [0.3, 0.4) is 0 Å². The quantitative estimate of drug-likeness (QED) is 0.555. The molecular formula is C21H30N2O7. The van der Waals surface area contributed by atoms with Gasteiger partial charge in [0.25, 0.3) is 0 Å². The summed E-state index contributed by atoms with van der Waals surface area (Å²) in [5.74, 6) is -0.621. The highest BCUT2D eigenvalue weighted by molar-refractivity contribution is 5.81. The van der Waals surface area contributed by atoms with Crippen LogP contribution in [0.2, 0.25) is 0 Å². The molecule has 1 N–H and O–H groups in total. The standard InChI is InChI=1S/C21H30N2O7/c1-21(2,3)30-20(26)23-10-11-28-16(13-23)12-17(18(24)27-4)22-19(25)29-14-15-8-6-5-7-9-15/h5-9,16-17H,10-14H2,1-4H3,(H,22,25)/t16-,17-/m0/s1. The SMILES string of the molecule is COC(=O)[C@H](C[C@H]1CN(C(=O)OC(C)(C)C)CCO1)NC(=O)OCc1ccccc1. The third kappa shape index (κ3) is 7.90. The number of nitrogens with zero attached hydrogens (tertiary/aromatic N) is 1. The zero-order chi connectivity index (χ0) is 22.1. The number of ether oxygens (including phenoxy) is 4. The Hall–Kier alpha value is -2.81. The zero-order valence-corrected chi connectivity index (χ0v) is 17.9. The van der Waals surface area contributed by atoms with Gasteiger partial charge in [0.1, 0.15) is 18.2 Å². The largest absolute Gasteiger partial charge is 0.467 e. The summed E-state index contributed by atoms with van der Waals surface area (Å²) in [6.07, 6.45) is -1.52. The van der Waals surface area contributed by atoms with Gasteiger partial charge in [0.05, 0.1) is 26.4 Å². The first kappa shape index (κ1) is 23.5. The molecule has 0 aliphatic carbocycles. The van der Waals surface area contributed by atoms with Crippen molar-refractivity contribution >= 4 is 18.2 Å². The van der Waals surface area contributed by atoms with Crippen LogP contribution in [-0.4, -0.2) is 67.6 Å². The summed E-state index contributed by atoms with van der Waals surface area (Å²) in [6, 6.07) is 8.22. The Balaban J connectivity index is 1.90. The van der Waals surface area contributed by atoms with Crippen molar-refractivity contribution < 1.29 is 33.3 Å². The molecule has 2 amide bonds. The molecule has 30 heavy (non-hydrogen) atoms. The zero-order valence-electron chi connectivity index (χ0n) is 17.9. The number of benzene rings is 1. The summed E-state index contributed by atoms with van der Waals surface area (Å²) >= 11 is 0. The second-order valence-electron chi connectivity index (χ2n) is 7.94. The van der Waals surface area contributed by atoms with E-state index in [1.165, 1.54) is 12.0 Å². The molecule has 0 aromatic heterocycles. The first-order valence-electron chi connectivity index (χ1n) is 9.82. The maximum absolute atomic E-state index is 12.3. The van der Waals surface area contributed by atoms with E-state index in [1.807, 2.05) is 30.3 Å². The number of rotatable bonds is 6. The molecule has 1 saturated heterocycles. The highest BCUT2D eigenvalue weighted by Crippen LogP contribution is 2.16. The fourth-order valence-corrected chi connectivity index (χ4v) is 2.88. The van der Waals surface area contributed by atoms with E-state index in [0.29, 0.717) is 13.2 Å². The van der Waals surface area contributed by atoms with E-state index >= 15 is 0 Å². The summed E-state index contributed by atoms with van der Waals surface area (Å²) in [5, 5.41) is 2.52. The van der Waals surface area contributed by atoms with E-state index in [2.05, 4.69) is 5.32 Å². The number of morpholine rings is 1. The number of alkyl carbamates (subject to hydrolysis) is 1. The lowest BCUT2D eigenvalue weighted by Crippen LogP contribution is -2.51. The maximum Gasteiger partial charge on any atom is 0.410 e. The Morgan fingerprint density at radius 1 is 1.23 bits per heavy atom. The summed E-state index contributed by atoms with van der Waals surface area (Å²) in [6.45, 7) is 6.39. The van der Waals surface area contributed by atoms with Gasteiger partial charge in [0.15, 0.2) is 0 Å². The predicted molar refractivity (Wildman–Crippen MR) is 108 cm³/mol. The van der Waals surface area contributed by atoms with Crippen LogP contribution in [0.5, 0.6) is 0 Å². The molecule has 1 aromatic rings. The molecule has 1 aromatic carbocycles. The van der Waals surface area contributed by atoms with Crippen molar-refractivity contribution in [2.45, 2.75) is 51.5 Å². The fraction of sp³-hybridized carbons (Fsp3) is 0.571. The van der Waals surface area contributed by atoms with E-state index in [9.17, 15) is 14.4 Å². The van der Waals surface area contributed by atoms with Gasteiger partial charge in [-0.2, -0.15) is 0 Å². The number of hydrogen-bond acceptors (Lipinski definition) is 7. The first-order chi connectivity index (χ1) is 14.2. The van der Waals surface area contributed by atoms with Gasteiger partial charge in [-0.25, -0.2) is 14.4 Å². The summed E-state index contributed by atoms with van der Waals surface area (Å²) < 4.78 is 21.0. The molecule has 0 radical (unpaired) electrons. The van der Waals surface area contributed by atoms with Crippen LogP contribution in [-0.2, 0) is 30.3 Å². The monoisotopic (exact) mass is 422 g/mol. The second-order valence-corrected chi connectivity index (χ2v) is 7.94. The lowest BCUT2D eigenvalue weighted by atomic mass is 10.1. The average molecular weight is 422 g/mol. The number of carbonyl (C=O) groups is 3. The number of amides is 2. The summed E-state index contributed by atoms with van der Waals surface area (Å²) in [4.78, 5) is 38.1. The molecule has 1 fully saturated rings. The Bertz CT molecular complexity index is 718. The summed E-state index contributed by atoms with van der Waals surface area (Å²) in [7, 11) is 1.24. The molecule has 1 aliphatic heterocycles. The number of carbonyl (C=O) groups excluding carboxylic acids is 3. The smallest absolute Gasteiger partial charge is 0.410 e. The molecule has 1 aliphatic rings. The first-order valence-corrected chi connectivity index (χ1v) is 9.82. The van der Waals surface area contributed by atoms with Crippen molar-refractivity contribution in [3.63, 3.8) is 0 Å². The Labute approximate surface area is 176 Å². The van der Waals surface area contributed by atoms with Gasteiger partial charge in [-0.1, -0.05) is 30.3 Å². The Morgan fingerprint density at radius 2 is 1.93 bits per heavy atom. The van der Waals surface area contributed by atoms with Crippen LogP contribution in [0.25, 0.3) is 0 Å². The lowest BCUT2D eigenvalue weighted by Gasteiger charge is -2.35. The molecule has 0 bridgehead atoms. The van der Waals surface area contributed by atoms with Crippen molar-refractivity contribution in [3.05, 3.63) is 35.9 Å². The van der Waals surface area contributed by atoms with Gasteiger partial charge in [0, 0.05) is 13.0 Å². The van der Waals surface area contributed by atoms with Crippen LogP contribution >= 0.6 is 0 Å². The van der Waals surface area contributed by atoms with Gasteiger partial charge in [-0.15, -0.1) is 0 Å². The van der Waals surface area contributed by atoms with Crippen LogP contribution in [0.15, 0.2) is 30.3 Å². The minimum Gasteiger partial charge on any atom is -0.467 e. The number of hydrogen-bond donors (Lipinski definition) is 1. The molecule has 2 rings (SSSR count). The minimum atomic E-state index is -0.971. The molecular weight excluding hydrogens is 392 g/mol.